The van der Waals surface area contributed by atoms with Gasteiger partial charge in [0.05, 0.1) is 6.61 Å². The molecule has 1 fully saturated rings. The smallest absolute Gasteiger partial charge is 0.243 e. The van der Waals surface area contributed by atoms with Crippen LogP contribution in [0.4, 0.5) is 0 Å². The summed E-state index contributed by atoms with van der Waals surface area (Å²) in [4.78, 5) is 28.2. The second-order valence-electron chi connectivity index (χ2n) is 8.94. The summed E-state index contributed by atoms with van der Waals surface area (Å²) in [6.45, 7) is 4.64. The molecule has 1 atom stereocenters. The van der Waals surface area contributed by atoms with Gasteiger partial charge in [-0.1, -0.05) is 66.7 Å². The van der Waals surface area contributed by atoms with Gasteiger partial charge in [0.15, 0.2) is 0 Å². The third-order valence-electron chi connectivity index (χ3n) is 6.27. The molecule has 0 spiro atoms. The quantitative estimate of drug-likeness (QED) is 0.363. The van der Waals surface area contributed by atoms with Gasteiger partial charge < -0.3 is 15.0 Å². The molecule has 184 valence electrons. The molecule has 5 nitrogen and oxygen atoms in total. The lowest BCUT2D eigenvalue weighted by atomic mass is 10.1. The molecule has 34 heavy (non-hydrogen) atoms. The maximum absolute atomic E-state index is 13.3. The fourth-order valence-electron chi connectivity index (χ4n) is 4.31. The number of nitrogens with zero attached hydrogens (tertiary/aromatic N) is 1. The van der Waals surface area contributed by atoms with Gasteiger partial charge in [-0.15, -0.1) is 0 Å². The van der Waals surface area contributed by atoms with E-state index < -0.39 is 6.04 Å². The molecule has 2 aromatic carbocycles. The van der Waals surface area contributed by atoms with E-state index in [9.17, 15) is 9.59 Å². The van der Waals surface area contributed by atoms with Gasteiger partial charge in [-0.2, -0.15) is 0 Å². The van der Waals surface area contributed by atoms with E-state index in [0.29, 0.717) is 29.5 Å². The molecule has 0 radical (unpaired) electrons. The number of halogens is 2. The van der Waals surface area contributed by atoms with Crippen LogP contribution in [0.15, 0.2) is 42.5 Å². The van der Waals surface area contributed by atoms with Crippen LogP contribution in [-0.2, 0) is 16.1 Å². The topological polar surface area (TPSA) is 58.6 Å². The molecule has 0 heterocycles. The number of hydrogen-bond donors (Lipinski definition) is 1. The van der Waals surface area contributed by atoms with Gasteiger partial charge >= 0.3 is 0 Å². The van der Waals surface area contributed by atoms with E-state index in [-0.39, 0.29) is 30.8 Å². The van der Waals surface area contributed by atoms with Crippen LogP contribution in [-0.4, -0.2) is 35.4 Å². The van der Waals surface area contributed by atoms with Gasteiger partial charge in [-0.25, -0.2) is 0 Å². The van der Waals surface area contributed by atoms with Crippen molar-refractivity contribution in [3.8, 4) is 5.75 Å². The number of ether oxygens (including phenoxy) is 1. The van der Waals surface area contributed by atoms with Crippen LogP contribution >= 0.6 is 23.2 Å². The zero-order valence-corrected chi connectivity index (χ0v) is 21.5. The van der Waals surface area contributed by atoms with Gasteiger partial charge in [0.1, 0.15) is 11.8 Å². The number of hydrogen-bond acceptors (Lipinski definition) is 3. The Bertz CT molecular complexity index is 959. The van der Waals surface area contributed by atoms with Crippen LogP contribution in [0.5, 0.6) is 5.75 Å². The van der Waals surface area contributed by atoms with E-state index >= 15 is 0 Å². The van der Waals surface area contributed by atoms with Crippen molar-refractivity contribution in [3.05, 3.63) is 63.6 Å². The summed E-state index contributed by atoms with van der Waals surface area (Å²) in [6, 6.07) is 12.7. The van der Waals surface area contributed by atoms with E-state index in [0.717, 1.165) is 37.0 Å². The maximum Gasteiger partial charge on any atom is 0.243 e. The first-order valence-electron chi connectivity index (χ1n) is 12.1. The SMILES string of the molecule is CC[C@@H](C(=O)NC1CCCC1)N(Cc1ccc(Cl)cc1Cl)C(=O)CCCOc1ccc(C)cc1. The zero-order chi connectivity index (χ0) is 24.5. The van der Waals surface area contributed by atoms with Crippen molar-refractivity contribution in [1.29, 1.82) is 0 Å². The number of carbonyl (C=O) groups is 2. The molecule has 3 rings (SSSR count). The summed E-state index contributed by atoms with van der Waals surface area (Å²) in [5.74, 6) is 0.598. The fourth-order valence-corrected chi connectivity index (χ4v) is 4.78. The first-order valence-corrected chi connectivity index (χ1v) is 12.9. The molecule has 1 aliphatic carbocycles. The third-order valence-corrected chi connectivity index (χ3v) is 6.85. The summed E-state index contributed by atoms with van der Waals surface area (Å²) in [5.41, 5.74) is 1.93. The van der Waals surface area contributed by atoms with E-state index in [1.807, 2.05) is 44.2 Å². The predicted molar refractivity (Wildman–Crippen MR) is 137 cm³/mol. The first kappa shape index (κ1) is 26.4. The highest BCUT2D eigenvalue weighted by Gasteiger charge is 2.30. The normalized spacial score (nSPS) is 14.6. The summed E-state index contributed by atoms with van der Waals surface area (Å²) >= 11 is 12.5. The van der Waals surface area contributed by atoms with Crippen LogP contribution in [0.1, 0.15) is 63.0 Å². The fraction of sp³-hybridized carbons (Fsp3) is 0.481. The molecule has 0 bridgehead atoms. The number of benzene rings is 2. The van der Waals surface area contributed by atoms with Crippen molar-refractivity contribution in [2.45, 2.75) is 77.4 Å². The minimum atomic E-state index is -0.558. The predicted octanol–water partition coefficient (Wildman–Crippen LogP) is 6.33. The molecule has 0 aliphatic heterocycles. The largest absolute Gasteiger partial charge is 0.494 e. The first-order chi connectivity index (χ1) is 16.4. The Morgan fingerprint density at radius 2 is 1.82 bits per heavy atom. The Labute approximate surface area is 212 Å². The Kier molecular flexibility index (Phi) is 10.1. The lowest BCUT2D eigenvalue weighted by molar-refractivity contribution is -0.141. The second kappa shape index (κ2) is 13.0. The van der Waals surface area contributed by atoms with Crippen molar-refractivity contribution in [1.82, 2.24) is 10.2 Å². The molecule has 0 aromatic heterocycles. The van der Waals surface area contributed by atoms with Gasteiger partial charge in [0.25, 0.3) is 0 Å². The Morgan fingerprint density at radius 1 is 1.12 bits per heavy atom. The Balaban J connectivity index is 1.67. The minimum absolute atomic E-state index is 0.0908. The van der Waals surface area contributed by atoms with E-state index in [4.69, 9.17) is 27.9 Å². The van der Waals surface area contributed by atoms with Crippen LogP contribution in [0.25, 0.3) is 0 Å². The Hall–Kier alpha value is -2.24. The highest BCUT2D eigenvalue weighted by atomic mass is 35.5. The van der Waals surface area contributed by atoms with Gasteiger partial charge in [0.2, 0.25) is 11.8 Å². The van der Waals surface area contributed by atoms with Gasteiger partial charge in [-0.3, -0.25) is 9.59 Å². The third kappa shape index (κ3) is 7.64. The monoisotopic (exact) mass is 504 g/mol. The molecule has 0 saturated heterocycles. The van der Waals surface area contributed by atoms with E-state index in [1.54, 1.807) is 17.0 Å². The van der Waals surface area contributed by atoms with Crippen LogP contribution < -0.4 is 10.1 Å². The molecule has 2 aromatic rings. The molecule has 1 N–H and O–H groups in total. The number of aryl methyl sites for hydroxylation is 1. The molecular formula is C27H34Cl2N2O3. The summed E-state index contributed by atoms with van der Waals surface area (Å²) in [5, 5.41) is 4.17. The summed E-state index contributed by atoms with van der Waals surface area (Å²) < 4.78 is 5.78. The van der Waals surface area contributed by atoms with Crippen molar-refractivity contribution >= 4 is 35.0 Å². The highest BCUT2D eigenvalue weighted by Crippen LogP contribution is 2.25. The number of carbonyl (C=O) groups excluding carboxylic acids is 2. The number of nitrogens with one attached hydrogen (secondary N) is 1. The molecule has 1 aliphatic rings. The van der Waals surface area contributed by atoms with Crippen molar-refractivity contribution < 1.29 is 14.3 Å². The van der Waals surface area contributed by atoms with Crippen LogP contribution in [0.3, 0.4) is 0 Å². The van der Waals surface area contributed by atoms with E-state index in [1.165, 1.54) is 5.56 Å². The lowest BCUT2D eigenvalue weighted by Gasteiger charge is -2.32. The second-order valence-corrected chi connectivity index (χ2v) is 9.78. The highest BCUT2D eigenvalue weighted by molar-refractivity contribution is 6.35. The van der Waals surface area contributed by atoms with E-state index in [2.05, 4.69) is 5.32 Å². The standard InChI is InChI=1S/C27H34Cl2N2O3/c1-3-25(27(33)30-22-7-4-5-8-22)31(18-20-12-13-21(28)17-24(20)29)26(32)9-6-16-34-23-14-10-19(2)11-15-23/h10-15,17,22,25H,3-9,16,18H2,1-2H3,(H,30,33)/t25-/m0/s1. The average Bonchev–Trinajstić information content (AvgIpc) is 3.32. The summed E-state index contributed by atoms with van der Waals surface area (Å²) in [6.07, 6.45) is 5.61. The number of amides is 2. The zero-order valence-electron chi connectivity index (χ0n) is 20.0. The van der Waals surface area contributed by atoms with Gasteiger partial charge in [-0.05, 0) is 62.4 Å². The molecule has 0 unspecified atom stereocenters. The maximum atomic E-state index is 13.3. The van der Waals surface area contributed by atoms with Crippen molar-refractivity contribution in [2.75, 3.05) is 6.61 Å². The van der Waals surface area contributed by atoms with Crippen LogP contribution in [0.2, 0.25) is 10.0 Å². The van der Waals surface area contributed by atoms with Gasteiger partial charge in [0, 0.05) is 29.1 Å². The molecular weight excluding hydrogens is 471 g/mol. The average molecular weight is 505 g/mol. The molecule has 2 amide bonds. The molecule has 1 saturated carbocycles. The Morgan fingerprint density at radius 3 is 2.47 bits per heavy atom. The van der Waals surface area contributed by atoms with Crippen LogP contribution in [0, 0.1) is 6.92 Å². The molecule has 7 heteroatoms. The van der Waals surface area contributed by atoms with Crippen molar-refractivity contribution in [3.63, 3.8) is 0 Å². The lowest BCUT2D eigenvalue weighted by Crippen LogP contribution is -2.51. The van der Waals surface area contributed by atoms with Crippen molar-refractivity contribution in [2.24, 2.45) is 0 Å². The minimum Gasteiger partial charge on any atom is -0.494 e. The number of rotatable bonds is 11. The summed E-state index contributed by atoms with van der Waals surface area (Å²) in [7, 11) is 0.